The lowest BCUT2D eigenvalue weighted by atomic mass is 9.80. The van der Waals surface area contributed by atoms with Crippen LogP contribution in [0.25, 0.3) is 0 Å². The average Bonchev–Trinajstić information content (AvgIpc) is 2.05. The van der Waals surface area contributed by atoms with Gasteiger partial charge in [0.15, 0.2) is 0 Å². The zero-order chi connectivity index (χ0) is 7.40. The van der Waals surface area contributed by atoms with Crippen molar-refractivity contribution in [2.45, 2.75) is 38.5 Å². The van der Waals surface area contributed by atoms with Gasteiger partial charge in [0.1, 0.15) is 0 Å². The number of hydrogen-bond donors (Lipinski definition) is 0. The van der Waals surface area contributed by atoms with Crippen molar-refractivity contribution in [1.29, 1.82) is 0 Å². The Morgan fingerprint density at radius 1 is 0.800 bits per heavy atom. The van der Waals surface area contributed by atoms with Gasteiger partial charge in [-0.3, -0.25) is 0 Å². The fourth-order valence-electron chi connectivity index (χ4n) is 1.81. The van der Waals surface area contributed by atoms with Gasteiger partial charge in [-0.25, -0.2) is 0 Å². The first kappa shape index (κ1) is 8.10. The van der Waals surface area contributed by atoms with Crippen LogP contribution in [0.1, 0.15) is 38.5 Å². The van der Waals surface area contributed by atoms with E-state index >= 15 is 0 Å². The van der Waals surface area contributed by atoms with E-state index in [1.807, 2.05) is 0 Å². The molecule has 0 bridgehead atoms. The van der Waals surface area contributed by atoms with Crippen molar-refractivity contribution in [3.8, 4) is 0 Å². The largest absolute Gasteiger partial charge is 0.0530 e. The Bertz CT molecular complexity index is 66.0. The first-order chi connectivity index (χ1) is 4.86. The summed E-state index contributed by atoms with van der Waals surface area (Å²) in [7, 11) is 0. The fourth-order valence-corrected chi connectivity index (χ4v) is 1.81. The summed E-state index contributed by atoms with van der Waals surface area (Å²) < 4.78 is 0. The Hall–Kier alpha value is 0. The molecule has 0 heterocycles. The van der Waals surface area contributed by atoms with Crippen LogP contribution in [-0.2, 0) is 0 Å². The molecule has 1 aliphatic rings. The molecular weight excluding hydrogens is 120 g/mol. The topological polar surface area (TPSA) is 0 Å². The molecule has 0 saturated heterocycles. The van der Waals surface area contributed by atoms with Crippen LogP contribution >= 0.6 is 0 Å². The molecule has 58 valence electrons. The maximum absolute atomic E-state index is 3.94. The summed E-state index contributed by atoms with van der Waals surface area (Å²) in [6, 6.07) is 0. The van der Waals surface area contributed by atoms with E-state index < -0.39 is 0 Å². The molecule has 0 spiro atoms. The Balaban J connectivity index is 2.17. The molecule has 0 unspecified atom stereocenters. The summed E-state index contributed by atoms with van der Waals surface area (Å²) in [5.74, 6) is 1.87. The van der Waals surface area contributed by atoms with E-state index in [1.54, 1.807) is 0 Å². The normalized spacial score (nSPS) is 34.2. The van der Waals surface area contributed by atoms with E-state index in [1.165, 1.54) is 25.7 Å². The van der Waals surface area contributed by atoms with Crippen molar-refractivity contribution in [1.82, 2.24) is 0 Å². The lowest BCUT2D eigenvalue weighted by Gasteiger charge is -2.26. The van der Waals surface area contributed by atoms with Crippen molar-refractivity contribution < 1.29 is 0 Å². The summed E-state index contributed by atoms with van der Waals surface area (Å²) >= 11 is 0. The van der Waals surface area contributed by atoms with Gasteiger partial charge in [0, 0.05) is 0 Å². The minimum absolute atomic E-state index is 0.933. The molecule has 1 rings (SSSR count). The molecule has 2 radical (unpaired) electrons. The van der Waals surface area contributed by atoms with Crippen LogP contribution in [0.4, 0.5) is 0 Å². The van der Waals surface area contributed by atoms with Gasteiger partial charge >= 0.3 is 0 Å². The summed E-state index contributed by atoms with van der Waals surface area (Å²) in [5, 5.41) is 0. The van der Waals surface area contributed by atoms with E-state index in [0.29, 0.717) is 0 Å². The SMILES string of the molecule is [CH2]CC1CCC(C[CH2])CC1. The first-order valence-electron chi connectivity index (χ1n) is 4.45. The molecule has 0 N–H and O–H groups in total. The van der Waals surface area contributed by atoms with Gasteiger partial charge in [0.25, 0.3) is 0 Å². The minimum atomic E-state index is 0.933. The van der Waals surface area contributed by atoms with E-state index in [-0.39, 0.29) is 0 Å². The maximum Gasteiger partial charge on any atom is -0.0414 e. The van der Waals surface area contributed by atoms with Gasteiger partial charge in [-0.05, 0) is 11.8 Å². The van der Waals surface area contributed by atoms with Gasteiger partial charge in [-0.1, -0.05) is 52.4 Å². The van der Waals surface area contributed by atoms with Crippen LogP contribution < -0.4 is 0 Å². The molecular formula is C10H18. The van der Waals surface area contributed by atoms with Gasteiger partial charge < -0.3 is 0 Å². The molecule has 0 heteroatoms. The second-order valence-corrected chi connectivity index (χ2v) is 3.46. The van der Waals surface area contributed by atoms with E-state index in [4.69, 9.17) is 0 Å². The Morgan fingerprint density at radius 2 is 1.10 bits per heavy atom. The summed E-state index contributed by atoms with van der Waals surface area (Å²) in [6.07, 6.45) is 7.91. The zero-order valence-corrected chi connectivity index (χ0v) is 6.81. The van der Waals surface area contributed by atoms with Crippen molar-refractivity contribution >= 4 is 0 Å². The summed E-state index contributed by atoms with van der Waals surface area (Å²) in [5.41, 5.74) is 0. The molecule has 1 aliphatic carbocycles. The quantitative estimate of drug-likeness (QED) is 0.549. The number of hydrogen-bond acceptors (Lipinski definition) is 0. The van der Waals surface area contributed by atoms with Gasteiger partial charge in [-0.2, -0.15) is 0 Å². The van der Waals surface area contributed by atoms with Crippen LogP contribution in [0.5, 0.6) is 0 Å². The molecule has 0 atom stereocenters. The second-order valence-electron chi connectivity index (χ2n) is 3.46. The van der Waals surface area contributed by atoms with E-state index in [9.17, 15) is 0 Å². The van der Waals surface area contributed by atoms with Crippen LogP contribution in [0, 0.1) is 25.7 Å². The first-order valence-corrected chi connectivity index (χ1v) is 4.45. The van der Waals surface area contributed by atoms with Crippen LogP contribution in [0.15, 0.2) is 0 Å². The molecule has 10 heavy (non-hydrogen) atoms. The lowest BCUT2D eigenvalue weighted by Crippen LogP contribution is -2.12. The fraction of sp³-hybridized carbons (Fsp3) is 0.800. The monoisotopic (exact) mass is 138 g/mol. The highest BCUT2D eigenvalue weighted by Crippen LogP contribution is 2.31. The van der Waals surface area contributed by atoms with Crippen molar-refractivity contribution in [3.63, 3.8) is 0 Å². The molecule has 0 nitrogen and oxygen atoms in total. The molecule has 1 saturated carbocycles. The third-order valence-electron chi connectivity index (χ3n) is 2.78. The molecule has 0 aliphatic heterocycles. The van der Waals surface area contributed by atoms with Crippen LogP contribution in [-0.4, -0.2) is 0 Å². The Kier molecular flexibility index (Phi) is 3.24. The third-order valence-corrected chi connectivity index (χ3v) is 2.78. The van der Waals surface area contributed by atoms with Crippen molar-refractivity contribution in [2.24, 2.45) is 11.8 Å². The lowest BCUT2D eigenvalue weighted by molar-refractivity contribution is 0.276. The predicted octanol–water partition coefficient (Wildman–Crippen LogP) is 3.24. The molecule has 0 aromatic heterocycles. The summed E-state index contributed by atoms with van der Waals surface area (Å²) in [4.78, 5) is 0. The van der Waals surface area contributed by atoms with Crippen molar-refractivity contribution in [2.75, 3.05) is 0 Å². The standard InChI is InChI=1S/C10H18/c1-3-9-5-7-10(4-2)8-6-9/h9-10H,1-8H2. The highest BCUT2D eigenvalue weighted by Gasteiger charge is 2.17. The minimum Gasteiger partial charge on any atom is -0.0530 e. The second kappa shape index (κ2) is 4.00. The molecule has 0 amide bonds. The highest BCUT2D eigenvalue weighted by molar-refractivity contribution is 4.73. The average molecular weight is 138 g/mol. The van der Waals surface area contributed by atoms with Gasteiger partial charge in [-0.15, -0.1) is 0 Å². The zero-order valence-electron chi connectivity index (χ0n) is 6.81. The Morgan fingerprint density at radius 3 is 1.30 bits per heavy atom. The Labute approximate surface area is 65.0 Å². The van der Waals surface area contributed by atoms with Gasteiger partial charge in [0.05, 0.1) is 0 Å². The molecule has 0 aromatic rings. The van der Waals surface area contributed by atoms with E-state index in [0.717, 1.165) is 24.7 Å². The number of rotatable bonds is 2. The maximum atomic E-state index is 3.94. The predicted molar refractivity (Wildman–Crippen MR) is 45.4 cm³/mol. The highest BCUT2D eigenvalue weighted by atomic mass is 14.2. The third kappa shape index (κ3) is 2.00. The molecule has 1 fully saturated rings. The van der Waals surface area contributed by atoms with Crippen LogP contribution in [0.3, 0.4) is 0 Å². The van der Waals surface area contributed by atoms with Crippen molar-refractivity contribution in [3.05, 3.63) is 13.8 Å². The van der Waals surface area contributed by atoms with Gasteiger partial charge in [0.2, 0.25) is 0 Å². The molecule has 0 aromatic carbocycles. The van der Waals surface area contributed by atoms with E-state index in [2.05, 4.69) is 13.8 Å². The smallest absolute Gasteiger partial charge is 0.0414 e. The summed E-state index contributed by atoms with van der Waals surface area (Å²) in [6.45, 7) is 7.89. The van der Waals surface area contributed by atoms with Crippen LogP contribution in [0.2, 0.25) is 0 Å².